The van der Waals surface area contributed by atoms with Crippen LogP contribution in [0.5, 0.6) is 0 Å². The van der Waals surface area contributed by atoms with Crippen LogP contribution in [0.2, 0.25) is 0 Å². The van der Waals surface area contributed by atoms with Gasteiger partial charge < -0.3 is 21.7 Å². The zero-order valence-corrected chi connectivity index (χ0v) is 11.6. The molecule has 0 aromatic carbocycles. The van der Waals surface area contributed by atoms with Crippen molar-refractivity contribution in [3.05, 3.63) is 0 Å². The number of fused-ring (bicyclic) bond motifs is 1. The van der Waals surface area contributed by atoms with Crippen LogP contribution in [0.1, 0.15) is 25.7 Å². The topological polar surface area (TPSA) is 79.2 Å². The minimum atomic E-state index is 0.0151. The zero-order chi connectivity index (χ0) is 12.8. The Morgan fingerprint density at radius 2 is 2.17 bits per heavy atom. The third-order valence-electron chi connectivity index (χ3n) is 3.60. The van der Waals surface area contributed by atoms with Crippen molar-refractivity contribution in [1.29, 1.82) is 0 Å². The van der Waals surface area contributed by atoms with Crippen molar-refractivity contribution in [2.75, 3.05) is 25.4 Å². The summed E-state index contributed by atoms with van der Waals surface area (Å²) < 4.78 is 0. The van der Waals surface area contributed by atoms with Gasteiger partial charge in [0.25, 0.3) is 0 Å². The molecule has 0 spiro atoms. The SMILES string of the molecule is NCCNCCCCCC1SCC2NC(=O)NC21. The summed E-state index contributed by atoms with van der Waals surface area (Å²) in [6.45, 7) is 2.70. The number of rotatable bonds is 8. The number of unbranched alkanes of at least 4 members (excludes halogenated alkanes) is 2. The van der Waals surface area contributed by atoms with Gasteiger partial charge in [0.1, 0.15) is 0 Å². The predicted octanol–water partition coefficient (Wildman–Crippen LogP) is 0.260. The lowest BCUT2D eigenvalue weighted by Crippen LogP contribution is -2.36. The lowest BCUT2D eigenvalue weighted by Gasteiger charge is -2.16. The summed E-state index contributed by atoms with van der Waals surface area (Å²) in [7, 11) is 0. The van der Waals surface area contributed by atoms with Gasteiger partial charge in [-0.15, -0.1) is 0 Å². The Hall–Kier alpha value is -0.460. The molecular weight excluding hydrogens is 248 g/mol. The first-order valence-corrected chi connectivity index (χ1v) is 7.95. The number of carbonyl (C=O) groups is 1. The Morgan fingerprint density at radius 3 is 3.00 bits per heavy atom. The molecule has 18 heavy (non-hydrogen) atoms. The predicted molar refractivity (Wildman–Crippen MR) is 75.9 cm³/mol. The van der Waals surface area contributed by atoms with E-state index in [1.165, 1.54) is 25.7 Å². The Bertz CT molecular complexity index is 277. The molecule has 5 N–H and O–H groups in total. The maximum absolute atomic E-state index is 11.2. The molecule has 3 unspecified atom stereocenters. The van der Waals surface area contributed by atoms with Crippen molar-refractivity contribution in [2.24, 2.45) is 5.73 Å². The van der Waals surface area contributed by atoms with Crippen LogP contribution in [0.15, 0.2) is 0 Å². The standard InChI is InChI=1S/C12H24N4OS/c13-5-7-14-6-3-1-2-4-10-11-9(8-18-10)15-12(17)16-11/h9-11,14H,1-8,13H2,(H2,15,16,17). The summed E-state index contributed by atoms with van der Waals surface area (Å²) >= 11 is 2.00. The molecule has 0 bridgehead atoms. The number of hydrogen-bond acceptors (Lipinski definition) is 4. The quantitative estimate of drug-likeness (QED) is 0.377. The summed E-state index contributed by atoms with van der Waals surface area (Å²) in [5.74, 6) is 1.06. The van der Waals surface area contributed by atoms with Crippen LogP contribution in [0.4, 0.5) is 4.79 Å². The van der Waals surface area contributed by atoms with E-state index in [0.717, 1.165) is 18.8 Å². The van der Waals surface area contributed by atoms with E-state index in [1.54, 1.807) is 0 Å². The van der Waals surface area contributed by atoms with Gasteiger partial charge in [-0.25, -0.2) is 4.79 Å². The number of hydrogen-bond donors (Lipinski definition) is 4. The zero-order valence-electron chi connectivity index (χ0n) is 10.8. The maximum Gasteiger partial charge on any atom is 0.315 e. The highest BCUT2D eigenvalue weighted by Crippen LogP contribution is 2.33. The van der Waals surface area contributed by atoms with Crippen LogP contribution >= 0.6 is 11.8 Å². The van der Waals surface area contributed by atoms with Crippen LogP contribution < -0.4 is 21.7 Å². The molecule has 2 fully saturated rings. The van der Waals surface area contributed by atoms with Gasteiger partial charge in [0.05, 0.1) is 12.1 Å². The van der Waals surface area contributed by atoms with Crippen LogP contribution in [0, 0.1) is 0 Å². The molecule has 2 rings (SSSR count). The number of thioether (sulfide) groups is 1. The van der Waals surface area contributed by atoms with E-state index in [4.69, 9.17) is 5.73 Å². The van der Waals surface area contributed by atoms with E-state index in [1.807, 2.05) is 11.8 Å². The molecule has 2 amide bonds. The summed E-state index contributed by atoms with van der Waals surface area (Å²) in [5.41, 5.74) is 5.41. The number of carbonyl (C=O) groups excluding carboxylic acids is 1. The Labute approximate surface area is 113 Å². The second-order valence-electron chi connectivity index (χ2n) is 5.01. The molecule has 0 aromatic heterocycles. The fourth-order valence-corrected chi connectivity index (χ4v) is 4.19. The van der Waals surface area contributed by atoms with Crippen LogP contribution in [0.25, 0.3) is 0 Å². The molecular formula is C12H24N4OS. The highest BCUT2D eigenvalue weighted by atomic mass is 32.2. The van der Waals surface area contributed by atoms with Gasteiger partial charge in [0.15, 0.2) is 0 Å². The molecule has 6 heteroatoms. The van der Waals surface area contributed by atoms with Gasteiger partial charge in [-0.3, -0.25) is 0 Å². The van der Waals surface area contributed by atoms with Gasteiger partial charge >= 0.3 is 6.03 Å². The number of nitrogens with one attached hydrogen (secondary N) is 3. The first-order valence-electron chi connectivity index (χ1n) is 6.90. The summed E-state index contributed by atoms with van der Waals surface area (Å²) in [5, 5.41) is 9.93. The van der Waals surface area contributed by atoms with Gasteiger partial charge in [-0.05, 0) is 19.4 Å². The first kappa shape index (κ1) is 14.0. The fraction of sp³-hybridized carbons (Fsp3) is 0.917. The van der Waals surface area contributed by atoms with Gasteiger partial charge in [0, 0.05) is 24.1 Å². The van der Waals surface area contributed by atoms with Crippen molar-refractivity contribution in [3.63, 3.8) is 0 Å². The third kappa shape index (κ3) is 3.76. The Morgan fingerprint density at radius 1 is 1.28 bits per heavy atom. The molecule has 0 saturated carbocycles. The molecule has 0 aliphatic carbocycles. The molecule has 5 nitrogen and oxygen atoms in total. The fourth-order valence-electron chi connectivity index (χ4n) is 2.64. The van der Waals surface area contributed by atoms with E-state index in [9.17, 15) is 4.79 Å². The monoisotopic (exact) mass is 272 g/mol. The summed E-state index contributed by atoms with van der Waals surface area (Å²) in [4.78, 5) is 11.2. The van der Waals surface area contributed by atoms with Crippen molar-refractivity contribution in [1.82, 2.24) is 16.0 Å². The minimum absolute atomic E-state index is 0.0151. The lowest BCUT2D eigenvalue weighted by molar-refractivity contribution is 0.247. The molecule has 2 heterocycles. The normalized spacial score (nSPS) is 30.1. The maximum atomic E-state index is 11.2. The lowest BCUT2D eigenvalue weighted by atomic mass is 10.0. The van der Waals surface area contributed by atoms with E-state index in [0.29, 0.717) is 23.9 Å². The van der Waals surface area contributed by atoms with E-state index in [2.05, 4.69) is 16.0 Å². The highest BCUT2D eigenvalue weighted by molar-refractivity contribution is 8.00. The van der Waals surface area contributed by atoms with Crippen molar-refractivity contribution in [3.8, 4) is 0 Å². The van der Waals surface area contributed by atoms with E-state index in [-0.39, 0.29) is 6.03 Å². The molecule has 0 radical (unpaired) electrons. The van der Waals surface area contributed by atoms with Crippen molar-refractivity contribution < 1.29 is 4.79 Å². The highest BCUT2D eigenvalue weighted by Gasteiger charge is 2.42. The Kier molecular flexibility index (Phi) is 5.59. The second-order valence-corrected chi connectivity index (χ2v) is 6.28. The molecule has 104 valence electrons. The first-order chi connectivity index (χ1) is 8.81. The van der Waals surface area contributed by atoms with Crippen molar-refractivity contribution in [2.45, 2.75) is 43.0 Å². The van der Waals surface area contributed by atoms with E-state index >= 15 is 0 Å². The average molecular weight is 272 g/mol. The number of amides is 2. The largest absolute Gasteiger partial charge is 0.332 e. The average Bonchev–Trinajstić information content (AvgIpc) is 2.88. The van der Waals surface area contributed by atoms with Gasteiger partial charge in [-0.1, -0.05) is 12.8 Å². The van der Waals surface area contributed by atoms with Crippen molar-refractivity contribution >= 4 is 17.8 Å². The smallest absolute Gasteiger partial charge is 0.315 e. The van der Waals surface area contributed by atoms with Crippen LogP contribution in [0.3, 0.4) is 0 Å². The Balaban J connectivity index is 1.53. The molecule has 2 aliphatic rings. The number of urea groups is 1. The van der Waals surface area contributed by atoms with Gasteiger partial charge in [0.2, 0.25) is 0 Å². The third-order valence-corrected chi connectivity index (χ3v) is 5.11. The van der Waals surface area contributed by atoms with Crippen LogP contribution in [-0.4, -0.2) is 48.8 Å². The summed E-state index contributed by atoms with van der Waals surface area (Å²) in [6.07, 6.45) is 4.94. The second kappa shape index (κ2) is 7.21. The summed E-state index contributed by atoms with van der Waals surface area (Å²) in [6, 6.07) is 0.734. The molecule has 2 aliphatic heterocycles. The molecule has 2 saturated heterocycles. The minimum Gasteiger partial charge on any atom is -0.332 e. The van der Waals surface area contributed by atoms with Crippen LogP contribution in [-0.2, 0) is 0 Å². The molecule has 0 aromatic rings. The molecule has 3 atom stereocenters. The van der Waals surface area contributed by atoms with E-state index < -0.39 is 0 Å². The number of nitrogens with two attached hydrogens (primary N) is 1. The van der Waals surface area contributed by atoms with Gasteiger partial charge in [-0.2, -0.15) is 11.8 Å².